The average molecular weight is 376 g/mol. The summed E-state index contributed by atoms with van der Waals surface area (Å²) in [7, 11) is 2.15. The van der Waals surface area contributed by atoms with E-state index >= 15 is 0 Å². The van der Waals surface area contributed by atoms with Gasteiger partial charge in [0.2, 0.25) is 0 Å². The molecule has 2 saturated heterocycles. The number of ether oxygens (including phenoxy) is 1. The largest absolute Gasteiger partial charge is 0.491 e. The molecule has 2 unspecified atom stereocenters. The maximum absolute atomic E-state index is 12.9. The van der Waals surface area contributed by atoms with Gasteiger partial charge in [-0.2, -0.15) is 0 Å². The van der Waals surface area contributed by atoms with E-state index in [4.69, 9.17) is 4.74 Å². The van der Waals surface area contributed by atoms with Crippen LogP contribution < -0.4 is 4.74 Å². The van der Waals surface area contributed by atoms with E-state index in [0.717, 1.165) is 45.0 Å². The molecule has 2 atom stereocenters. The topological polar surface area (TPSA) is 56.2 Å². The highest BCUT2D eigenvalue weighted by Crippen LogP contribution is 2.26. The molecule has 1 aromatic carbocycles. The maximum Gasteiger partial charge on any atom is 0.253 e. The first kappa shape index (κ1) is 20.1. The molecular formula is C21H33N3O3. The molecule has 150 valence electrons. The van der Waals surface area contributed by atoms with E-state index in [1.54, 1.807) is 0 Å². The lowest BCUT2D eigenvalue weighted by Crippen LogP contribution is -2.47. The first-order valence-corrected chi connectivity index (χ1v) is 10.0. The first-order valence-electron chi connectivity index (χ1n) is 10.0. The Morgan fingerprint density at radius 2 is 1.74 bits per heavy atom. The molecule has 0 spiro atoms. The molecule has 27 heavy (non-hydrogen) atoms. The lowest BCUT2D eigenvalue weighted by atomic mass is 9.96. The van der Waals surface area contributed by atoms with Gasteiger partial charge >= 0.3 is 0 Å². The Balaban J connectivity index is 1.59. The standard InChI is InChI=1S/C21H33N3O3/c1-16(2)27-20-6-4-17(5-7-20)21(26)24-13-18(19(14-24)15-25)12-23-10-8-22(3)9-11-23/h4-7,16,18-19,25H,8-15H2,1-3H3. The van der Waals surface area contributed by atoms with Crippen molar-refractivity contribution in [3.8, 4) is 5.75 Å². The Morgan fingerprint density at radius 1 is 1.11 bits per heavy atom. The van der Waals surface area contributed by atoms with Crippen LogP contribution in [0.4, 0.5) is 0 Å². The fraction of sp³-hybridized carbons (Fsp3) is 0.667. The van der Waals surface area contributed by atoms with Crippen molar-refractivity contribution in [3.05, 3.63) is 29.8 Å². The monoisotopic (exact) mass is 375 g/mol. The molecule has 1 amide bonds. The van der Waals surface area contributed by atoms with Crippen molar-refractivity contribution in [3.63, 3.8) is 0 Å². The number of rotatable bonds is 6. The molecule has 0 aliphatic carbocycles. The van der Waals surface area contributed by atoms with E-state index < -0.39 is 0 Å². The normalized spacial score (nSPS) is 24.6. The van der Waals surface area contributed by atoms with Crippen LogP contribution in [-0.2, 0) is 0 Å². The van der Waals surface area contributed by atoms with Crippen LogP contribution in [0.25, 0.3) is 0 Å². The molecule has 2 fully saturated rings. The van der Waals surface area contributed by atoms with E-state index in [0.29, 0.717) is 18.0 Å². The quantitative estimate of drug-likeness (QED) is 0.815. The predicted octanol–water partition coefficient (Wildman–Crippen LogP) is 1.40. The highest BCUT2D eigenvalue weighted by Gasteiger charge is 2.36. The van der Waals surface area contributed by atoms with Crippen LogP contribution in [0.5, 0.6) is 5.75 Å². The van der Waals surface area contributed by atoms with Crippen molar-refractivity contribution in [1.82, 2.24) is 14.7 Å². The molecule has 0 radical (unpaired) electrons. The zero-order valence-corrected chi connectivity index (χ0v) is 16.8. The highest BCUT2D eigenvalue weighted by atomic mass is 16.5. The van der Waals surface area contributed by atoms with Crippen molar-refractivity contribution in [1.29, 1.82) is 0 Å². The van der Waals surface area contributed by atoms with Crippen molar-refractivity contribution in [2.45, 2.75) is 20.0 Å². The van der Waals surface area contributed by atoms with Gasteiger partial charge in [0.05, 0.1) is 6.10 Å². The zero-order valence-electron chi connectivity index (χ0n) is 16.8. The Labute approximate surface area is 162 Å². The number of hydrogen-bond acceptors (Lipinski definition) is 5. The molecular weight excluding hydrogens is 342 g/mol. The fourth-order valence-corrected chi connectivity index (χ4v) is 4.01. The van der Waals surface area contributed by atoms with Crippen LogP contribution in [-0.4, -0.2) is 91.3 Å². The average Bonchev–Trinajstić information content (AvgIpc) is 3.06. The number of nitrogens with zero attached hydrogens (tertiary/aromatic N) is 3. The van der Waals surface area contributed by atoms with Gasteiger partial charge in [-0.25, -0.2) is 0 Å². The van der Waals surface area contributed by atoms with Crippen molar-refractivity contribution in [2.24, 2.45) is 11.8 Å². The summed E-state index contributed by atoms with van der Waals surface area (Å²) >= 11 is 0. The summed E-state index contributed by atoms with van der Waals surface area (Å²) in [4.78, 5) is 19.6. The third-order valence-electron chi connectivity index (χ3n) is 5.66. The fourth-order valence-electron chi connectivity index (χ4n) is 4.01. The van der Waals surface area contributed by atoms with Gasteiger partial charge in [-0.05, 0) is 51.1 Å². The lowest BCUT2D eigenvalue weighted by Gasteiger charge is -2.34. The maximum atomic E-state index is 12.9. The zero-order chi connectivity index (χ0) is 19.4. The SMILES string of the molecule is CC(C)Oc1ccc(C(=O)N2CC(CO)C(CN3CCN(C)CC3)C2)cc1. The minimum Gasteiger partial charge on any atom is -0.491 e. The molecule has 1 N–H and O–H groups in total. The second-order valence-electron chi connectivity index (χ2n) is 8.21. The van der Waals surface area contributed by atoms with E-state index in [2.05, 4.69) is 16.8 Å². The van der Waals surface area contributed by atoms with Gasteiger partial charge in [0, 0.05) is 63.9 Å². The number of amides is 1. The molecule has 1 aromatic rings. The molecule has 0 saturated carbocycles. The second kappa shape index (κ2) is 9.04. The lowest BCUT2D eigenvalue weighted by molar-refractivity contribution is 0.0777. The number of aliphatic hydroxyl groups is 1. The van der Waals surface area contributed by atoms with E-state index in [1.807, 2.05) is 43.0 Å². The Bertz CT molecular complexity index is 612. The molecule has 2 heterocycles. The highest BCUT2D eigenvalue weighted by molar-refractivity contribution is 5.94. The summed E-state index contributed by atoms with van der Waals surface area (Å²) in [6.45, 7) is 10.7. The number of likely N-dealkylation sites (tertiary alicyclic amines) is 1. The van der Waals surface area contributed by atoms with Crippen LogP contribution in [0.2, 0.25) is 0 Å². The number of hydrogen-bond donors (Lipinski definition) is 1. The molecule has 2 aliphatic rings. The third-order valence-corrected chi connectivity index (χ3v) is 5.66. The number of carbonyl (C=O) groups is 1. The van der Waals surface area contributed by atoms with Crippen LogP contribution in [0.3, 0.4) is 0 Å². The van der Waals surface area contributed by atoms with Gasteiger partial charge in [0.1, 0.15) is 5.75 Å². The molecule has 0 aromatic heterocycles. The van der Waals surface area contributed by atoms with Crippen LogP contribution in [0.1, 0.15) is 24.2 Å². The molecule has 6 heteroatoms. The van der Waals surface area contributed by atoms with Crippen LogP contribution >= 0.6 is 0 Å². The van der Waals surface area contributed by atoms with E-state index in [-0.39, 0.29) is 24.5 Å². The summed E-state index contributed by atoms with van der Waals surface area (Å²) < 4.78 is 5.65. The summed E-state index contributed by atoms with van der Waals surface area (Å²) in [5, 5.41) is 9.82. The second-order valence-corrected chi connectivity index (χ2v) is 8.21. The summed E-state index contributed by atoms with van der Waals surface area (Å²) in [6.07, 6.45) is 0.116. The van der Waals surface area contributed by atoms with Crippen LogP contribution in [0.15, 0.2) is 24.3 Å². The van der Waals surface area contributed by atoms with E-state index in [1.165, 1.54) is 0 Å². The first-order chi connectivity index (χ1) is 13.0. The van der Waals surface area contributed by atoms with Crippen molar-refractivity contribution >= 4 is 5.91 Å². The van der Waals surface area contributed by atoms with Gasteiger partial charge in [-0.15, -0.1) is 0 Å². The Kier molecular flexibility index (Phi) is 6.73. The molecule has 3 rings (SSSR count). The van der Waals surface area contributed by atoms with Crippen molar-refractivity contribution in [2.75, 3.05) is 59.5 Å². The molecule has 6 nitrogen and oxygen atoms in total. The van der Waals surface area contributed by atoms with Crippen LogP contribution in [0, 0.1) is 11.8 Å². The van der Waals surface area contributed by atoms with Crippen molar-refractivity contribution < 1.29 is 14.6 Å². The number of aliphatic hydroxyl groups excluding tert-OH is 1. The van der Waals surface area contributed by atoms with Gasteiger partial charge < -0.3 is 24.5 Å². The molecule has 0 bridgehead atoms. The van der Waals surface area contributed by atoms with Gasteiger partial charge in [0.15, 0.2) is 0 Å². The number of carbonyl (C=O) groups excluding carboxylic acids is 1. The van der Waals surface area contributed by atoms with Gasteiger partial charge in [0.25, 0.3) is 5.91 Å². The summed E-state index contributed by atoms with van der Waals surface area (Å²) in [5.74, 6) is 1.33. The summed E-state index contributed by atoms with van der Waals surface area (Å²) in [6, 6.07) is 7.38. The van der Waals surface area contributed by atoms with Gasteiger partial charge in [-0.3, -0.25) is 4.79 Å². The Hall–Kier alpha value is -1.63. The Morgan fingerprint density at radius 3 is 2.33 bits per heavy atom. The smallest absolute Gasteiger partial charge is 0.253 e. The number of piperazine rings is 1. The number of benzene rings is 1. The molecule has 2 aliphatic heterocycles. The minimum absolute atomic E-state index is 0.0467. The number of likely N-dealkylation sites (N-methyl/N-ethyl adjacent to an activating group) is 1. The predicted molar refractivity (Wildman–Crippen MR) is 106 cm³/mol. The minimum atomic E-state index is 0.0467. The van der Waals surface area contributed by atoms with E-state index in [9.17, 15) is 9.90 Å². The summed E-state index contributed by atoms with van der Waals surface area (Å²) in [5.41, 5.74) is 0.683. The third kappa shape index (κ3) is 5.21. The van der Waals surface area contributed by atoms with Gasteiger partial charge in [-0.1, -0.05) is 0 Å².